The van der Waals surface area contributed by atoms with E-state index >= 15 is 0 Å². The third kappa shape index (κ3) is 3.48. The van der Waals surface area contributed by atoms with E-state index in [1.54, 1.807) is 24.1 Å². The Morgan fingerprint density at radius 1 is 1.17 bits per heavy atom. The number of benzene rings is 4. The molecule has 0 saturated carbocycles. The number of fused-ring (bicyclic) bond motifs is 4. The first-order valence-corrected chi connectivity index (χ1v) is 12.3. The number of halogens is 1. The lowest BCUT2D eigenvalue weighted by Crippen LogP contribution is -2.30. The number of hydrogen-bond donors (Lipinski definition) is 2. The quantitative estimate of drug-likeness (QED) is 0.282. The van der Waals surface area contributed by atoms with Crippen molar-refractivity contribution in [1.82, 2.24) is 9.97 Å². The number of nitrogens with zero attached hydrogens (tertiary/aromatic N) is 2. The fourth-order valence-electron chi connectivity index (χ4n) is 5.20. The Morgan fingerprint density at radius 3 is 2.72 bits per heavy atom. The number of carbonyl (C=O) groups is 1. The molecule has 0 bridgehead atoms. The number of phenolic OH excluding ortho intramolecular Hbond substituents is 1. The molecule has 0 radical (unpaired) electrons. The van der Waals surface area contributed by atoms with E-state index in [2.05, 4.69) is 9.97 Å². The monoisotopic (exact) mass is 497 g/mol. The Hall–Kier alpha value is -4.03. The van der Waals surface area contributed by atoms with Crippen LogP contribution in [-0.4, -0.2) is 40.5 Å². The Kier molecular flexibility index (Phi) is 5.34. The van der Waals surface area contributed by atoms with Crippen molar-refractivity contribution < 1.29 is 14.6 Å². The van der Waals surface area contributed by atoms with Gasteiger partial charge in [0.2, 0.25) is 0 Å². The van der Waals surface area contributed by atoms with E-state index in [4.69, 9.17) is 16.3 Å². The minimum Gasteiger partial charge on any atom is -0.507 e. The summed E-state index contributed by atoms with van der Waals surface area (Å²) < 4.78 is 5.24. The van der Waals surface area contributed by atoms with Crippen molar-refractivity contribution in [1.29, 1.82) is 0 Å². The molecule has 7 heteroatoms. The Labute approximate surface area is 213 Å². The molecule has 0 spiro atoms. The van der Waals surface area contributed by atoms with E-state index in [-0.39, 0.29) is 17.6 Å². The summed E-state index contributed by atoms with van der Waals surface area (Å²) in [6.45, 7) is 2.48. The summed E-state index contributed by atoms with van der Waals surface area (Å²) in [6, 6.07) is 20.7. The van der Waals surface area contributed by atoms with Gasteiger partial charge in [0.05, 0.1) is 23.8 Å². The Balaban J connectivity index is 1.40. The maximum Gasteiger partial charge on any atom is 0.258 e. The van der Waals surface area contributed by atoms with Gasteiger partial charge in [0.1, 0.15) is 17.3 Å². The topological polar surface area (TPSA) is 78.4 Å². The number of imidazole rings is 1. The number of carbonyl (C=O) groups excluding carboxylic acids is 1. The molecular formula is C29H24ClN3O3. The molecule has 6 nitrogen and oxygen atoms in total. The molecule has 180 valence electrons. The number of alkyl halides is 1. The number of anilines is 1. The molecule has 0 fully saturated rings. The molecule has 1 aromatic heterocycles. The van der Waals surface area contributed by atoms with Gasteiger partial charge in [0.15, 0.2) is 0 Å². The predicted octanol–water partition coefficient (Wildman–Crippen LogP) is 6.39. The number of ether oxygens (including phenoxy) is 1. The number of aromatic amines is 1. The number of hydrogen-bond acceptors (Lipinski definition) is 4. The largest absolute Gasteiger partial charge is 0.507 e. The fraction of sp³-hybridized carbons (Fsp3) is 0.172. The van der Waals surface area contributed by atoms with Crippen molar-refractivity contribution >= 4 is 45.0 Å². The lowest BCUT2D eigenvalue weighted by atomic mass is 9.92. The molecule has 5 aromatic rings. The molecule has 4 aromatic carbocycles. The predicted molar refractivity (Wildman–Crippen MR) is 144 cm³/mol. The number of amides is 1. The molecule has 0 saturated heterocycles. The van der Waals surface area contributed by atoms with Crippen LogP contribution in [0.3, 0.4) is 0 Å². The maximum atomic E-state index is 13.7. The number of rotatable bonds is 4. The van der Waals surface area contributed by atoms with Crippen molar-refractivity contribution in [3.63, 3.8) is 0 Å². The van der Waals surface area contributed by atoms with E-state index in [1.165, 1.54) is 0 Å². The molecule has 36 heavy (non-hydrogen) atoms. The molecule has 0 aliphatic carbocycles. The number of nitrogens with one attached hydrogen (secondary N) is 1. The Bertz CT molecular complexity index is 1640. The van der Waals surface area contributed by atoms with Crippen LogP contribution < -0.4 is 9.64 Å². The molecule has 1 aliphatic heterocycles. The average molecular weight is 498 g/mol. The van der Waals surface area contributed by atoms with Gasteiger partial charge in [0, 0.05) is 40.9 Å². The standard InChI is InChI=1S/C29H24ClN3O3/c1-16-4-3-5-21-25(34)13-24-27(26(16)21)19(14-30)15-33(24)29(35)18-8-11-22-23(12-18)32-28(31-22)17-6-9-20(36-2)10-7-17/h3-13,19,34H,14-15H2,1-2H3,(H,31,32)/t19-/m1/s1. The van der Waals surface area contributed by atoms with Crippen molar-refractivity contribution in [2.45, 2.75) is 12.8 Å². The number of aromatic hydroxyl groups is 1. The number of aryl methyl sites for hydroxylation is 1. The second-order valence-corrected chi connectivity index (χ2v) is 9.45. The number of H-pyrrole nitrogens is 1. The van der Waals surface area contributed by atoms with Crippen LogP contribution in [0, 0.1) is 6.92 Å². The van der Waals surface area contributed by atoms with Gasteiger partial charge >= 0.3 is 0 Å². The minimum atomic E-state index is -0.140. The second-order valence-electron chi connectivity index (χ2n) is 9.14. The van der Waals surface area contributed by atoms with Gasteiger partial charge in [-0.15, -0.1) is 11.6 Å². The normalized spacial score (nSPS) is 15.0. The minimum absolute atomic E-state index is 0.0209. The van der Waals surface area contributed by atoms with Crippen molar-refractivity contribution in [3.05, 3.63) is 83.4 Å². The summed E-state index contributed by atoms with van der Waals surface area (Å²) in [5.41, 5.74) is 5.81. The van der Waals surface area contributed by atoms with Crippen LogP contribution in [-0.2, 0) is 0 Å². The summed E-state index contributed by atoms with van der Waals surface area (Å²) in [6.07, 6.45) is 0. The van der Waals surface area contributed by atoms with Gasteiger partial charge in [-0.2, -0.15) is 0 Å². The first-order valence-electron chi connectivity index (χ1n) is 11.8. The van der Waals surface area contributed by atoms with Crippen LogP contribution >= 0.6 is 11.6 Å². The molecule has 2 heterocycles. The number of aromatic nitrogens is 2. The zero-order valence-electron chi connectivity index (χ0n) is 19.9. The highest BCUT2D eigenvalue weighted by Crippen LogP contribution is 2.46. The lowest BCUT2D eigenvalue weighted by Gasteiger charge is -2.19. The maximum absolute atomic E-state index is 13.7. The highest BCUT2D eigenvalue weighted by Gasteiger charge is 2.35. The molecule has 1 atom stereocenters. The van der Waals surface area contributed by atoms with Crippen LogP contribution in [0.2, 0.25) is 0 Å². The average Bonchev–Trinajstić information content (AvgIpc) is 3.49. The van der Waals surface area contributed by atoms with Gasteiger partial charge in [-0.05, 0) is 65.9 Å². The van der Waals surface area contributed by atoms with Crippen LogP contribution in [0.15, 0.2) is 66.7 Å². The van der Waals surface area contributed by atoms with Crippen LogP contribution in [0.5, 0.6) is 11.5 Å². The van der Waals surface area contributed by atoms with E-state index in [0.29, 0.717) is 23.7 Å². The second kappa shape index (κ2) is 8.57. The highest BCUT2D eigenvalue weighted by atomic mass is 35.5. The van der Waals surface area contributed by atoms with Gasteiger partial charge in [-0.3, -0.25) is 4.79 Å². The fourth-order valence-corrected chi connectivity index (χ4v) is 5.45. The van der Waals surface area contributed by atoms with Crippen LogP contribution in [0.4, 0.5) is 5.69 Å². The molecule has 0 unspecified atom stereocenters. The zero-order chi connectivity index (χ0) is 25.0. The van der Waals surface area contributed by atoms with E-state index in [1.807, 2.05) is 61.5 Å². The van der Waals surface area contributed by atoms with E-state index < -0.39 is 0 Å². The molecule has 6 rings (SSSR count). The summed E-state index contributed by atoms with van der Waals surface area (Å²) in [4.78, 5) is 23.5. The van der Waals surface area contributed by atoms with Crippen molar-refractivity contribution in [2.24, 2.45) is 0 Å². The van der Waals surface area contributed by atoms with Gasteiger partial charge in [0.25, 0.3) is 5.91 Å². The van der Waals surface area contributed by atoms with Gasteiger partial charge in [-0.25, -0.2) is 4.98 Å². The summed E-state index contributed by atoms with van der Waals surface area (Å²) in [7, 11) is 1.63. The van der Waals surface area contributed by atoms with E-state index in [0.717, 1.165) is 50.1 Å². The van der Waals surface area contributed by atoms with Crippen molar-refractivity contribution in [2.75, 3.05) is 24.4 Å². The third-order valence-electron chi connectivity index (χ3n) is 6.99. The zero-order valence-corrected chi connectivity index (χ0v) is 20.6. The molecule has 1 aliphatic rings. The van der Waals surface area contributed by atoms with Gasteiger partial charge in [-0.1, -0.05) is 18.2 Å². The first-order chi connectivity index (χ1) is 17.5. The highest BCUT2D eigenvalue weighted by molar-refractivity contribution is 6.19. The molecule has 2 N–H and O–H groups in total. The molecular weight excluding hydrogens is 474 g/mol. The van der Waals surface area contributed by atoms with Gasteiger partial charge < -0.3 is 19.7 Å². The lowest BCUT2D eigenvalue weighted by molar-refractivity contribution is 0.0988. The third-order valence-corrected chi connectivity index (χ3v) is 7.37. The first kappa shape index (κ1) is 22.4. The molecule has 1 amide bonds. The summed E-state index contributed by atoms with van der Waals surface area (Å²) in [5.74, 6) is 1.88. The summed E-state index contributed by atoms with van der Waals surface area (Å²) >= 11 is 6.38. The van der Waals surface area contributed by atoms with Crippen molar-refractivity contribution in [3.8, 4) is 22.9 Å². The smallest absolute Gasteiger partial charge is 0.258 e. The number of methoxy groups -OCH3 is 1. The Morgan fingerprint density at radius 2 is 1.97 bits per heavy atom. The van der Waals surface area contributed by atoms with Crippen LogP contribution in [0.1, 0.15) is 27.4 Å². The van der Waals surface area contributed by atoms with Crippen LogP contribution in [0.25, 0.3) is 33.2 Å². The SMILES string of the molecule is COc1ccc(-c2nc3ccc(C(=O)N4C[C@@H](CCl)c5c4cc(O)c4cccc(C)c54)cc3[nH]2)cc1. The van der Waals surface area contributed by atoms with E-state index in [9.17, 15) is 9.90 Å². The summed E-state index contributed by atoms with van der Waals surface area (Å²) in [5, 5.41) is 12.5. The number of phenols is 1.